The topological polar surface area (TPSA) is 77.2 Å². The summed E-state index contributed by atoms with van der Waals surface area (Å²) in [5.41, 5.74) is 2.09. The molecule has 1 amide bonds. The van der Waals surface area contributed by atoms with Gasteiger partial charge < -0.3 is 19.5 Å². The van der Waals surface area contributed by atoms with E-state index in [1.807, 2.05) is 62.4 Å². The molecule has 2 aromatic rings. The van der Waals surface area contributed by atoms with Crippen LogP contribution in [-0.2, 0) is 32.0 Å². The molecule has 3 rings (SSSR count). The summed E-state index contributed by atoms with van der Waals surface area (Å²) in [4.78, 5) is 24.6. The van der Waals surface area contributed by atoms with Crippen LogP contribution in [-0.4, -0.2) is 30.5 Å². The highest BCUT2D eigenvalue weighted by molar-refractivity contribution is 5.81. The van der Waals surface area contributed by atoms with Crippen molar-refractivity contribution < 1.29 is 23.8 Å². The maximum atomic E-state index is 12.5. The van der Waals surface area contributed by atoms with E-state index in [0.717, 1.165) is 18.4 Å². The van der Waals surface area contributed by atoms with Crippen LogP contribution in [0.3, 0.4) is 0 Å². The van der Waals surface area contributed by atoms with Gasteiger partial charge in [0, 0.05) is 0 Å². The fourth-order valence-electron chi connectivity index (χ4n) is 2.97. The molecular formula is C23H27NO5. The normalized spacial score (nSPS) is 18.7. The largest absolute Gasteiger partial charge is 0.445 e. The van der Waals surface area contributed by atoms with E-state index >= 15 is 0 Å². The third kappa shape index (κ3) is 6.61. The van der Waals surface area contributed by atoms with Crippen LogP contribution in [0.4, 0.5) is 4.79 Å². The predicted octanol–water partition coefficient (Wildman–Crippen LogP) is 3.84. The lowest BCUT2D eigenvalue weighted by molar-refractivity contribution is -0.152. The average molecular weight is 397 g/mol. The molecule has 0 aromatic heterocycles. The second-order valence-electron chi connectivity index (χ2n) is 7.43. The first-order chi connectivity index (χ1) is 14.0. The van der Waals surface area contributed by atoms with Crippen LogP contribution in [0.5, 0.6) is 0 Å². The number of esters is 1. The fourth-order valence-corrected chi connectivity index (χ4v) is 2.97. The average Bonchev–Trinajstić information content (AvgIpc) is 3.47. The third-order valence-electron chi connectivity index (χ3n) is 4.74. The van der Waals surface area contributed by atoms with Crippen LogP contribution >= 0.6 is 0 Å². The Kier molecular flexibility index (Phi) is 7.25. The zero-order valence-electron chi connectivity index (χ0n) is 16.7. The lowest BCUT2D eigenvalue weighted by atomic mass is 10.1. The first kappa shape index (κ1) is 20.9. The zero-order valence-corrected chi connectivity index (χ0v) is 16.7. The lowest BCUT2D eigenvalue weighted by Gasteiger charge is -2.20. The van der Waals surface area contributed by atoms with Crippen molar-refractivity contribution in [2.45, 2.75) is 51.7 Å². The van der Waals surface area contributed by atoms with Crippen molar-refractivity contribution >= 4 is 12.1 Å². The Morgan fingerprint density at radius 1 is 1.00 bits per heavy atom. The number of carbonyl (C=O) groups is 2. The molecular weight excluding hydrogens is 370 g/mol. The van der Waals surface area contributed by atoms with Gasteiger partial charge in [-0.3, -0.25) is 0 Å². The Bertz CT molecular complexity index is 793. The highest BCUT2D eigenvalue weighted by atomic mass is 16.8. The second kappa shape index (κ2) is 10.1. The number of ether oxygens (including phenoxy) is 3. The van der Waals surface area contributed by atoms with Crippen LogP contribution in [0.15, 0.2) is 60.7 Å². The van der Waals surface area contributed by atoms with Crippen molar-refractivity contribution in [1.29, 1.82) is 0 Å². The minimum atomic E-state index is -0.794. The van der Waals surface area contributed by atoms with Crippen LogP contribution in [0.25, 0.3) is 0 Å². The van der Waals surface area contributed by atoms with E-state index in [1.54, 1.807) is 0 Å². The monoisotopic (exact) mass is 397 g/mol. The van der Waals surface area contributed by atoms with Crippen molar-refractivity contribution in [3.05, 3.63) is 71.8 Å². The Labute approximate surface area is 171 Å². The molecule has 1 aliphatic rings. The van der Waals surface area contributed by atoms with Crippen molar-refractivity contribution in [2.75, 3.05) is 0 Å². The first-order valence-electron chi connectivity index (χ1n) is 9.90. The number of carbonyl (C=O) groups excluding carboxylic acids is 2. The molecule has 1 N–H and O–H groups in total. The van der Waals surface area contributed by atoms with Crippen LogP contribution in [0.2, 0.25) is 0 Å². The Hall–Kier alpha value is -2.86. The lowest BCUT2D eigenvalue weighted by Crippen LogP contribution is -2.45. The Balaban J connectivity index is 1.41. The number of epoxide rings is 1. The minimum Gasteiger partial charge on any atom is -0.445 e. The number of hydrogen-bond acceptors (Lipinski definition) is 5. The Morgan fingerprint density at radius 2 is 1.62 bits per heavy atom. The Morgan fingerprint density at radius 3 is 2.24 bits per heavy atom. The predicted molar refractivity (Wildman–Crippen MR) is 108 cm³/mol. The van der Waals surface area contributed by atoms with E-state index in [-0.39, 0.29) is 18.6 Å². The standard InChI is InChI=1S/C23H27NO5/c1-16(2)20(24-23(26)27-15-18-11-7-4-8-12-18)21(25)29-22-19(28-22)14-13-17-9-5-3-6-10-17/h3-12,16,19-20,22H,13-15H2,1-2H3,(H,24,26)/t19-,20-,22+/m0/s1. The molecule has 2 aromatic carbocycles. The van der Waals surface area contributed by atoms with Gasteiger partial charge in [-0.2, -0.15) is 0 Å². The van der Waals surface area contributed by atoms with Gasteiger partial charge in [-0.1, -0.05) is 74.5 Å². The molecule has 0 aliphatic carbocycles. The van der Waals surface area contributed by atoms with Gasteiger partial charge in [0.2, 0.25) is 6.29 Å². The summed E-state index contributed by atoms with van der Waals surface area (Å²) in [6, 6.07) is 18.6. The van der Waals surface area contributed by atoms with Gasteiger partial charge in [0.05, 0.1) is 0 Å². The summed E-state index contributed by atoms with van der Waals surface area (Å²) in [6.45, 7) is 3.81. The van der Waals surface area contributed by atoms with Gasteiger partial charge in [0.1, 0.15) is 18.8 Å². The molecule has 6 nitrogen and oxygen atoms in total. The summed E-state index contributed by atoms with van der Waals surface area (Å²) in [6.07, 6.45) is 0.339. The molecule has 0 radical (unpaired) electrons. The molecule has 0 spiro atoms. The molecule has 1 heterocycles. The van der Waals surface area contributed by atoms with Gasteiger partial charge in [-0.25, -0.2) is 9.59 Å². The van der Waals surface area contributed by atoms with Crippen LogP contribution in [0.1, 0.15) is 31.4 Å². The molecule has 29 heavy (non-hydrogen) atoms. The summed E-state index contributed by atoms with van der Waals surface area (Å²) >= 11 is 0. The van der Waals surface area contributed by atoms with Gasteiger partial charge in [0.15, 0.2) is 0 Å². The molecule has 0 bridgehead atoms. The minimum absolute atomic E-state index is 0.1000. The summed E-state index contributed by atoms with van der Waals surface area (Å²) < 4.78 is 16.1. The van der Waals surface area contributed by atoms with Gasteiger partial charge in [-0.05, 0) is 29.9 Å². The third-order valence-corrected chi connectivity index (χ3v) is 4.74. The van der Waals surface area contributed by atoms with E-state index in [9.17, 15) is 9.59 Å². The number of rotatable bonds is 9. The molecule has 0 unspecified atom stereocenters. The van der Waals surface area contributed by atoms with E-state index < -0.39 is 24.4 Å². The van der Waals surface area contributed by atoms with E-state index in [4.69, 9.17) is 14.2 Å². The fraction of sp³-hybridized carbons (Fsp3) is 0.391. The molecule has 1 aliphatic heterocycles. The molecule has 3 atom stereocenters. The van der Waals surface area contributed by atoms with Gasteiger partial charge in [0.25, 0.3) is 0 Å². The molecule has 6 heteroatoms. The number of alkyl carbamates (subject to hydrolysis) is 1. The van der Waals surface area contributed by atoms with E-state index in [2.05, 4.69) is 17.4 Å². The SMILES string of the molecule is CC(C)[C@H](NC(=O)OCc1ccccc1)C(=O)O[C@H]1O[C@H]1CCc1ccccc1. The zero-order chi connectivity index (χ0) is 20.6. The number of nitrogens with one attached hydrogen (secondary N) is 1. The smallest absolute Gasteiger partial charge is 0.408 e. The highest BCUT2D eigenvalue weighted by Gasteiger charge is 2.43. The van der Waals surface area contributed by atoms with E-state index in [0.29, 0.717) is 0 Å². The molecule has 1 saturated heterocycles. The highest BCUT2D eigenvalue weighted by Crippen LogP contribution is 2.28. The first-order valence-corrected chi connectivity index (χ1v) is 9.90. The van der Waals surface area contributed by atoms with E-state index in [1.165, 1.54) is 5.56 Å². The molecule has 0 saturated carbocycles. The maximum absolute atomic E-state index is 12.5. The quantitative estimate of drug-likeness (QED) is 0.514. The number of amides is 1. The van der Waals surface area contributed by atoms with Gasteiger partial charge in [-0.15, -0.1) is 0 Å². The van der Waals surface area contributed by atoms with Crippen molar-refractivity contribution in [3.8, 4) is 0 Å². The second-order valence-corrected chi connectivity index (χ2v) is 7.43. The van der Waals surface area contributed by atoms with Crippen molar-refractivity contribution in [2.24, 2.45) is 5.92 Å². The molecule has 1 fully saturated rings. The van der Waals surface area contributed by atoms with Gasteiger partial charge >= 0.3 is 12.1 Å². The summed E-state index contributed by atoms with van der Waals surface area (Å²) in [5.74, 6) is -0.655. The number of aryl methyl sites for hydroxylation is 1. The summed E-state index contributed by atoms with van der Waals surface area (Å²) in [7, 11) is 0. The van der Waals surface area contributed by atoms with Crippen LogP contribution < -0.4 is 5.32 Å². The number of hydrogen-bond donors (Lipinski definition) is 1. The summed E-state index contributed by atoms with van der Waals surface area (Å²) in [5, 5.41) is 2.60. The maximum Gasteiger partial charge on any atom is 0.408 e. The van der Waals surface area contributed by atoms with Crippen molar-refractivity contribution in [3.63, 3.8) is 0 Å². The van der Waals surface area contributed by atoms with Crippen LogP contribution in [0, 0.1) is 5.92 Å². The van der Waals surface area contributed by atoms with Crippen molar-refractivity contribution in [1.82, 2.24) is 5.32 Å². The molecule has 154 valence electrons. The number of benzene rings is 2.